The zero-order valence-electron chi connectivity index (χ0n) is 11.7. The molecule has 1 rings (SSSR count). The Morgan fingerprint density at radius 1 is 1.22 bits per heavy atom. The molecule has 0 aromatic carbocycles. The van der Waals surface area contributed by atoms with Crippen LogP contribution in [0.5, 0.6) is 0 Å². The van der Waals surface area contributed by atoms with Gasteiger partial charge in [0.1, 0.15) is 6.04 Å². The van der Waals surface area contributed by atoms with E-state index in [9.17, 15) is 4.79 Å². The van der Waals surface area contributed by atoms with Crippen LogP contribution in [0.2, 0.25) is 0 Å². The summed E-state index contributed by atoms with van der Waals surface area (Å²) in [4.78, 5) is 11.7. The first-order valence-electron chi connectivity index (χ1n) is 7.29. The van der Waals surface area contributed by atoms with Crippen molar-refractivity contribution in [3.8, 4) is 0 Å². The number of ether oxygens (including phenoxy) is 2. The zero-order chi connectivity index (χ0) is 13.2. The first kappa shape index (κ1) is 15.4. The van der Waals surface area contributed by atoms with E-state index < -0.39 is 0 Å². The van der Waals surface area contributed by atoms with E-state index in [1.165, 1.54) is 25.7 Å². The van der Waals surface area contributed by atoms with Gasteiger partial charge in [-0.15, -0.1) is 0 Å². The van der Waals surface area contributed by atoms with Crippen molar-refractivity contribution in [3.63, 3.8) is 0 Å². The summed E-state index contributed by atoms with van der Waals surface area (Å²) in [5.41, 5.74) is 0. The molecule has 18 heavy (non-hydrogen) atoms. The molecule has 4 nitrogen and oxygen atoms in total. The van der Waals surface area contributed by atoms with Crippen molar-refractivity contribution in [2.45, 2.75) is 64.5 Å². The Balaban J connectivity index is 2.33. The Kier molecular flexibility index (Phi) is 8.01. The fourth-order valence-corrected chi connectivity index (χ4v) is 2.34. The van der Waals surface area contributed by atoms with Crippen LogP contribution in [0.3, 0.4) is 0 Å². The van der Waals surface area contributed by atoms with Crippen LogP contribution in [0.1, 0.15) is 52.4 Å². The van der Waals surface area contributed by atoms with Crippen LogP contribution < -0.4 is 5.32 Å². The normalized spacial score (nSPS) is 19.2. The van der Waals surface area contributed by atoms with Gasteiger partial charge in [0.2, 0.25) is 0 Å². The number of carbonyl (C=O) groups is 1. The lowest BCUT2D eigenvalue weighted by molar-refractivity contribution is -0.148. The van der Waals surface area contributed by atoms with E-state index in [1.807, 2.05) is 13.8 Å². The summed E-state index contributed by atoms with van der Waals surface area (Å²) in [5, 5.41) is 3.12. The number of carbonyl (C=O) groups excluding carboxylic acids is 1. The van der Waals surface area contributed by atoms with Crippen LogP contribution in [0.15, 0.2) is 0 Å². The fourth-order valence-electron chi connectivity index (χ4n) is 2.34. The zero-order valence-corrected chi connectivity index (χ0v) is 11.7. The van der Waals surface area contributed by atoms with Crippen LogP contribution in [0.25, 0.3) is 0 Å². The number of hydrogen-bond donors (Lipinski definition) is 1. The van der Waals surface area contributed by atoms with Crippen LogP contribution in [0.4, 0.5) is 0 Å². The summed E-state index contributed by atoms with van der Waals surface area (Å²) in [7, 11) is 0. The van der Waals surface area contributed by atoms with Gasteiger partial charge in [-0.25, -0.2) is 0 Å². The highest BCUT2D eigenvalue weighted by Gasteiger charge is 2.21. The second-order valence-electron chi connectivity index (χ2n) is 4.81. The van der Waals surface area contributed by atoms with Crippen molar-refractivity contribution in [3.05, 3.63) is 0 Å². The molecule has 0 aliphatic heterocycles. The molecule has 0 heterocycles. The summed E-state index contributed by atoms with van der Waals surface area (Å²) in [6.07, 6.45) is 7.70. The summed E-state index contributed by atoms with van der Waals surface area (Å²) < 4.78 is 10.9. The van der Waals surface area contributed by atoms with Gasteiger partial charge in [0.05, 0.1) is 19.3 Å². The maximum atomic E-state index is 11.7. The second kappa shape index (κ2) is 9.34. The van der Waals surface area contributed by atoms with Crippen LogP contribution in [0, 0.1) is 0 Å². The van der Waals surface area contributed by atoms with Gasteiger partial charge in [-0.2, -0.15) is 0 Å². The topological polar surface area (TPSA) is 47.6 Å². The highest BCUT2D eigenvalue weighted by molar-refractivity contribution is 5.75. The quantitative estimate of drug-likeness (QED) is 0.561. The van der Waals surface area contributed by atoms with E-state index in [0.29, 0.717) is 19.3 Å². The minimum absolute atomic E-state index is 0.201. The lowest BCUT2D eigenvalue weighted by Gasteiger charge is -2.20. The summed E-state index contributed by atoms with van der Waals surface area (Å²) in [5.74, 6) is -0.201. The molecule has 0 bridgehead atoms. The van der Waals surface area contributed by atoms with Crippen LogP contribution >= 0.6 is 0 Å². The molecule has 1 atom stereocenters. The minimum atomic E-state index is -0.321. The molecule has 0 aromatic rings. The van der Waals surface area contributed by atoms with Crippen molar-refractivity contribution >= 4 is 5.97 Å². The lowest BCUT2D eigenvalue weighted by atomic mass is 10.1. The molecule has 1 unspecified atom stereocenters. The number of nitrogens with one attached hydrogen (secondary N) is 1. The fraction of sp³-hybridized carbons (Fsp3) is 0.929. The number of esters is 1. The molecule has 1 N–H and O–H groups in total. The Morgan fingerprint density at radius 3 is 2.44 bits per heavy atom. The first-order chi connectivity index (χ1) is 8.77. The molecule has 1 saturated carbocycles. The number of likely N-dealkylation sites (N-methyl/N-ethyl adjacent to an activating group) is 1. The standard InChI is InChI=1S/C14H27NO3/c1-3-15-13(14(16)17-4-2)11-18-12-9-7-5-6-8-10-12/h12-13,15H,3-11H2,1-2H3. The number of rotatable bonds is 7. The predicted molar refractivity (Wildman–Crippen MR) is 71.5 cm³/mol. The van der Waals surface area contributed by atoms with E-state index in [1.54, 1.807) is 0 Å². The van der Waals surface area contributed by atoms with Gasteiger partial charge in [0.15, 0.2) is 0 Å². The maximum absolute atomic E-state index is 11.7. The van der Waals surface area contributed by atoms with E-state index in [-0.39, 0.29) is 12.0 Å². The first-order valence-corrected chi connectivity index (χ1v) is 7.29. The molecule has 1 aliphatic carbocycles. The van der Waals surface area contributed by atoms with E-state index in [2.05, 4.69) is 5.32 Å². The molecule has 0 amide bonds. The van der Waals surface area contributed by atoms with Gasteiger partial charge in [-0.1, -0.05) is 32.6 Å². The van der Waals surface area contributed by atoms with Crippen LogP contribution in [-0.4, -0.2) is 37.9 Å². The Hall–Kier alpha value is -0.610. The number of hydrogen-bond acceptors (Lipinski definition) is 4. The Morgan fingerprint density at radius 2 is 1.89 bits per heavy atom. The molecule has 106 valence electrons. The third-order valence-corrected chi connectivity index (χ3v) is 3.32. The second-order valence-corrected chi connectivity index (χ2v) is 4.81. The van der Waals surface area contributed by atoms with Crippen molar-refractivity contribution in [1.82, 2.24) is 5.32 Å². The molecule has 1 aliphatic rings. The molecule has 1 fully saturated rings. The SMILES string of the molecule is CCNC(COC1CCCCCC1)C(=O)OCC. The van der Waals surface area contributed by atoms with Crippen molar-refractivity contribution in [1.29, 1.82) is 0 Å². The Bertz CT molecular complexity index is 225. The van der Waals surface area contributed by atoms with Crippen molar-refractivity contribution in [2.24, 2.45) is 0 Å². The summed E-state index contributed by atoms with van der Waals surface area (Å²) >= 11 is 0. The highest BCUT2D eigenvalue weighted by Crippen LogP contribution is 2.19. The third-order valence-electron chi connectivity index (χ3n) is 3.32. The predicted octanol–water partition coefficient (Wildman–Crippen LogP) is 2.27. The van der Waals surface area contributed by atoms with Gasteiger partial charge in [-0.05, 0) is 26.3 Å². The molecular weight excluding hydrogens is 230 g/mol. The third kappa shape index (κ3) is 5.83. The lowest BCUT2D eigenvalue weighted by Crippen LogP contribution is -2.42. The van der Waals surface area contributed by atoms with Gasteiger partial charge in [0, 0.05) is 0 Å². The summed E-state index contributed by atoms with van der Waals surface area (Å²) in [6.45, 7) is 5.41. The minimum Gasteiger partial charge on any atom is -0.465 e. The van der Waals surface area contributed by atoms with Gasteiger partial charge < -0.3 is 14.8 Å². The smallest absolute Gasteiger partial charge is 0.325 e. The maximum Gasteiger partial charge on any atom is 0.325 e. The molecule has 0 radical (unpaired) electrons. The molecular formula is C14H27NO3. The van der Waals surface area contributed by atoms with Crippen molar-refractivity contribution in [2.75, 3.05) is 19.8 Å². The largest absolute Gasteiger partial charge is 0.465 e. The monoisotopic (exact) mass is 257 g/mol. The van der Waals surface area contributed by atoms with Crippen LogP contribution in [-0.2, 0) is 14.3 Å². The Labute approximate surface area is 110 Å². The molecule has 4 heteroatoms. The van der Waals surface area contributed by atoms with Gasteiger partial charge in [-0.3, -0.25) is 4.79 Å². The average Bonchev–Trinajstić information content (AvgIpc) is 2.63. The average molecular weight is 257 g/mol. The van der Waals surface area contributed by atoms with Gasteiger partial charge >= 0.3 is 5.97 Å². The van der Waals surface area contributed by atoms with E-state index in [4.69, 9.17) is 9.47 Å². The molecule has 0 aromatic heterocycles. The molecule has 0 saturated heterocycles. The molecule has 0 spiro atoms. The summed E-state index contributed by atoms with van der Waals surface area (Å²) in [6, 6.07) is -0.321. The van der Waals surface area contributed by atoms with Crippen molar-refractivity contribution < 1.29 is 14.3 Å². The van der Waals surface area contributed by atoms with Gasteiger partial charge in [0.25, 0.3) is 0 Å². The highest BCUT2D eigenvalue weighted by atomic mass is 16.5. The van der Waals surface area contributed by atoms with E-state index in [0.717, 1.165) is 19.4 Å². The van der Waals surface area contributed by atoms with E-state index >= 15 is 0 Å².